The number of nitrogens with zero attached hydrogens (tertiary/aromatic N) is 5. The number of hydrogen-bond acceptors (Lipinski definition) is 12. The lowest BCUT2D eigenvalue weighted by Gasteiger charge is -2.32. The van der Waals surface area contributed by atoms with Gasteiger partial charge in [0.2, 0.25) is 17.8 Å². The summed E-state index contributed by atoms with van der Waals surface area (Å²) < 4.78 is 33.4. The van der Waals surface area contributed by atoms with Gasteiger partial charge in [-0.05, 0) is 83.6 Å². The molecule has 0 fully saturated rings. The number of ether oxygens (including phenoxy) is 6. The van der Waals surface area contributed by atoms with Crippen molar-refractivity contribution in [2.45, 2.75) is 25.9 Å². The molecule has 0 atom stereocenters. The molecule has 3 aromatic carbocycles. The van der Waals surface area contributed by atoms with E-state index in [1.165, 1.54) is 11.1 Å². The summed E-state index contributed by atoms with van der Waals surface area (Å²) in [5.74, 6) is 6.15. The fraction of sp³-hybridized carbons (Fsp3) is 0.382. The summed E-state index contributed by atoms with van der Waals surface area (Å²) in [5.41, 5.74) is 4.77. The van der Waals surface area contributed by atoms with Crippen LogP contribution in [-0.4, -0.2) is 76.7 Å². The highest BCUT2D eigenvalue weighted by atomic mass is 16.5. The number of anilines is 3. The summed E-state index contributed by atoms with van der Waals surface area (Å²) in [6.45, 7) is 3.73. The van der Waals surface area contributed by atoms with Gasteiger partial charge in [-0.3, -0.25) is 0 Å². The molecule has 46 heavy (non-hydrogen) atoms. The van der Waals surface area contributed by atoms with E-state index in [0.717, 1.165) is 60.1 Å². The maximum Gasteiger partial charge on any atom is 0.232 e. The lowest BCUT2D eigenvalue weighted by Crippen LogP contribution is -2.35. The minimum atomic E-state index is 0.431. The van der Waals surface area contributed by atoms with Crippen LogP contribution in [0.2, 0.25) is 0 Å². The molecule has 1 N–H and O–H groups in total. The van der Waals surface area contributed by atoms with Crippen molar-refractivity contribution < 1.29 is 28.4 Å². The summed E-state index contributed by atoms with van der Waals surface area (Å²) in [7, 11) is 8.27. The molecule has 0 unspecified atom stereocenters. The first-order valence-electron chi connectivity index (χ1n) is 15.3. The first-order chi connectivity index (χ1) is 22.5. The van der Waals surface area contributed by atoms with Crippen molar-refractivity contribution in [2.75, 3.05) is 76.9 Å². The summed E-state index contributed by atoms with van der Waals surface area (Å²) in [5, 5.41) is 3.36. The minimum Gasteiger partial charge on any atom is -0.497 e. The van der Waals surface area contributed by atoms with Gasteiger partial charge in [-0.1, -0.05) is 0 Å². The number of methoxy groups -OCH3 is 5. The Balaban J connectivity index is 1.25. The van der Waals surface area contributed by atoms with E-state index in [-0.39, 0.29) is 0 Å². The molecule has 0 saturated heterocycles. The minimum absolute atomic E-state index is 0.431. The molecule has 12 heteroatoms. The zero-order chi connectivity index (χ0) is 32.0. The lowest BCUT2D eigenvalue weighted by molar-refractivity contribution is 0.331. The van der Waals surface area contributed by atoms with Gasteiger partial charge in [-0.2, -0.15) is 15.0 Å². The van der Waals surface area contributed by atoms with E-state index in [4.69, 9.17) is 43.4 Å². The summed E-state index contributed by atoms with van der Waals surface area (Å²) in [6.07, 6.45) is 1.65. The fourth-order valence-electron chi connectivity index (χ4n) is 5.83. The number of nitrogens with one attached hydrogen (secondary N) is 1. The second-order valence-corrected chi connectivity index (χ2v) is 11.0. The largest absolute Gasteiger partial charge is 0.497 e. The molecule has 6 rings (SSSR count). The molecule has 0 bridgehead atoms. The molecule has 4 aromatic rings. The van der Waals surface area contributed by atoms with Crippen LogP contribution in [0.25, 0.3) is 0 Å². The third-order valence-electron chi connectivity index (χ3n) is 8.33. The molecule has 242 valence electrons. The highest BCUT2D eigenvalue weighted by Gasteiger charge is 2.26. The van der Waals surface area contributed by atoms with Gasteiger partial charge >= 0.3 is 0 Å². The van der Waals surface area contributed by atoms with Crippen molar-refractivity contribution in [3.63, 3.8) is 0 Å². The van der Waals surface area contributed by atoms with E-state index < -0.39 is 0 Å². The van der Waals surface area contributed by atoms with Crippen molar-refractivity contribution in [1.82, 2.24) is 15.0 Å². The van der Waals surface area contributed by atoms with Crippen LogP contribution in [0.3, 0.4) is 0 Å². The van der Waals surface area contributed by atoms with E-state index in [2.05, 4.69) is 27.2 Å². The van der Waals surface area contributed by atoms with Gasteiger partial charge in [0.15, 0.2) is 23.0 Å². The van der Waals surface area contributed by atoms with Crippen molar-refractivity contribution in [3.8, 4) is 34.5 Å². The van der Waals surface area contributed by atoms with Crippen LogP contribution in [0.4, 0.5) is 17.8 Å². The highest BCUT2D eigenvalue weighted by Crippen LogP contribution is 2.36. The molecule has 3 heterocycles. The maximum absolute atomic E-state index is 5.93. The standard InChI is InChI=1S/C34H40N6O6/c1-41-26-6-8-27(9-7-26)46-15-12-35-32-36-33(39-13-10-22-16-28(42-2)30(44-4)18-24(22)20-39)38-34(37-32)40-14-11-23-17-29(43-3)31(45-5)19-25(23)21-40/h6-9,16-19H,10-15,20-21H2,1-5H3,(H,35,36,37,38). The second kappa shape index (κ2) is 13.9. The van der Waals surface area contributed by atoms with Gasteiger partial charge in [-0.25, -0.2) is 0 Å². The zero-order valence-electron chi connectivity index (χ0n) is 27.0. The number of rotatable bonds is 12. The van der Waals surface area contributed by atoms with E-state index in [0.29, 0.717) is 55.6 Å². The zero-order valence-corrected chi connectivity index (χ0v) is 27.0. The third kappa shape index (κ3) is 6.60. The molecule has 0 aliphatic carbocycles. The molecule has 0 saturated carbocycles. The molecule has 0 spiro atoms. The Bertz CT molecular complexity index is 1580. The van der Waals surface area contributed by atoms with Crippen molar-refractivity contribution in [3.05, 3.63) is 70.8 Å². The number of fused-ring (bicyclic) bond motifs is 2. The Morgan fingerprint density at radius 2 is 1.04 bits per heavy atom. The summed E-state index contributed by atoms with van der Waals surface area (Å²) in [4.78, 5) is 19.1. The van der Waals surface area contributed by atoms with Gasteiger partial charge in [-0.15, -0.1) is 0 Å². The van der Waals surface area contributed by atoms with Crippen LogP contribution < -0.4 is 43.5 Å². The first kappa shape index (κ1) is 30.9. The Labute approximate surface area is 269 Å². The van der Waals surface area contributed by atoms with Gasteiger partial charge in [0.25, 0.3) is 0 Å². The molecule has 2 aliphatic rings. The average Bonchev–Trinajstić information content (AvgIpc) is 3.11. The number of benzene rings is 3. The quantitative estimate of drug-likeness (QED) is 0.223. The normalized spacial score (nSPS) is 13.8. The molecular weight excluding hydrogens is 588 g/mol. The van der Waals surface area contributed by atoms with Crippen LogP contribution in [0.1, 0.15) is 22.3 Å². The SMILES string of the molecule is COc1ccc(OCCNc2nc(N3CCc4cc(OC)c(OC)cc4C3)nc(N3CCc4cc(OC)c(OC)cc4C3)n2)cc1. The topological polar surface area (TPSA) is 113 Å². The van der Waals surface area contributed by atoms with Crippen LogP contribution in [0, 0.1) is 0 Å². The van der Waals surface area contributed by atoms with Gasteiger partial charge < -0.3 is 43.5 Å². The van der Waals surface area contributed by atoms with Crippen LogP contribution in [0.15, 0.2) is 48.5 Å². The Morgan fingerprint density at radius 3 is 1.50 bits per heavy atom. The monoisotopic (exact) mass is 628 g/mol. The van der Waals surface area contributed by atoms with Crippen LogP contribution in [0.5, 0.6) is 34.5 Å². The second-order valence-electron chi connectivity index (χ2n) is 11.0. The first-order valence-corrected chi connectivity index (χ1v) is 15.3. The molecular formula is C34H40N6O6. The average molecular weight is 629 g/mol. The predicted octanol–water partition coefficient (Wildman–Crippen LogP) is 4.53. The molecule has 12 nitrogen and oxygen atoms in total. The highest BCUT2D eigenvalue weighted by molar-refractivity contribution is 5.54. The molecule has 1 aromatic heterocycles. The Kier molecular flexibility index (Phi) is 9.32. The summed E-state index contributed by atoms with van der Waals surface area (Å²) in [6, 6.07) is 15.7. The smallest absolute Gasteiger partial charge is 0.232 e. The van der Waals surface area contributed by atoms with Crippen molar-refractivity contribution in [1.29, 1.82) is 0 Å². The third-order valence-corrected chi connectivity index (χ3v) is 8.33. The Hall–Kier alpha value is -5.13. The van der Waals surface area contributed by atoms with E-state index in [1.54, 1.807) is 35.5 Å². The fourth-order valence-corrected chi connectivity index (χ4v) is 5.83. The van der Waals surface area contributed by atoms with Crippen LogP contribution >= 0.6 is 0 Å². The molecule has 0 amide bonds. The maximum atomic E-state index is 5.93. The predicted molar refractivity (Wildman–Crippen MR) is 175 cm³/mol. The van der Waals surface area contributed by atoms with E-state index in [9.17, 15) is 0 Å². The van der Waals surface area contributed by atoms with Gasteiger partial charge in [0.1, 0.15) is 18.1 Å². The molecule has 0 radical (unpaired) electrons. The van der Waals surface area contributed by atoms with Crippen molar-refractivity contribution >= 4 is 17.8 Å². The number of aromatic nitrogens is 3. The van der Waals surface area contributed by atoms with Crippen LogP contribution in [-0.2, 0) is 25.9 Å². The summed E-state index contributed by atoms with van der Waals surface area (Å²) >= 11 is 0. The van der Waals surface area contributed by atoms with E-state index in [1.807, 2.05) is 36.4 Å². The van der Waals surface area contributed by atoms with Crippen molar-refractivity contribution in [2.24, 2.45) is 0 Å². The lowest BCUT2D eigenvalue weighted by atomic mass is 9.99. The van der Waals surface area contributed by atoms with E-state index >= 15 is 0 Å². The van der Waals surface area contributed by atoms with Gasteiger partial charge in [0.05, 0.1) is 42.1 Å². The number of hydrogen-bond donors (Lipinski definition) is 1. The Morgan fingerprint density at radius 1 is 0.587 bits per heavy atom. The molecule has 2 aliphatic heterocycles. The van der Waals surface area contributed by atoms with Gasteiger partial charge in [0, 0.05) is 26.2 Å².